The van der Waals surface area contributed by atoms with Crippen molar-refractivity contribution in [2.75, 3.05) is 31.1 Å². The zero-order valence-corrected chi connectivity index (χ0v) is 15.5. The van der Waals surface area contributed by atoms with Gasteiger partial charge in [0.2, 0.25) is 0 Å². The molecule has 0 atom stereocenters. The second kappa shape index (κ2) is 7.26. The number of anilines is 1. The Balaban J connectivity index is 1.43. The van der Waals surface area contributed by atoms with Gasteiger partial charge in [0.1, 0.15) is 11.6 Å². The number of aromatic nitrogens is 3. The van der Waals surface area contributed by atoms with Gasteiger partial charge in [0.15, 0.2) is 0 Å². The second-order valence-electron chi connectivity index (χ2n) is 6.96. The molecule has 6 heteroatoms. The number of halogens is 1. The SMILES string of the molecule is Cc1nc2c(c(N3CCN(Cc4ccc(Cl)cn4)CC3)n1)CCCC2. The zero-order valence-electron chi connectivity index (χ0n) is 14.7. The molecule has 1 aliphatic carbocycles. The van der Waals surface area contributed by atoms with Crippen molar-refractivity contribution in [2.24, 2.45) is 0 Å². The number of fused-ring (bicyclic) bond motifs is 1. The first-order valence-electron chi connectivity index (χ1n) is 9.13. The lowest BCUT2D eigenvalue weighted by Crippen LogP contribution is -2.46. The van der Waals surface area contributed by atoms with E-state index in [-0.39, 0.29) is 0 Å². The fraction of sp³-hybridized carbons (Fsp3) is 0.526. The second-order valence-corrected chi connectivity index (χ2v) is 7.39. The third-order valence-electron chi connectivity index (χ3n) is 5.12. The Bertz CT molecular complexity index is 738. The van der Waals surface area contributed by atoms with Gasteiger partial charge in [-0.1, -0.05) is 11.6 Å². The Hall–Kier alpha value is -1.72. The van der Waals surface area contributed by atoms with E-state index in [4.69, 9.17) is 16.6 Å². The van der Waals surface area contributed by atoms with Crippen LogP contribution in [0.25, 0.3) is 0 Å². The molecule has 2 aromatic rings. The first-order chi connectivity index (χ1) is 12.2. The lowest BCUT2D eigenvalue weighted by molar-refractivity contribution is 0.246. The van der Waals surface area contributed by atoms with E-state index >= 15 is 0 Å². The molecule has 0 spiro atoms. The number of pyridine rings is 1. The molecule has 0 N–H and O–H groups in total. The molecule has 0 aromatic carbocycles. The summed E-state index contributed by atoms with van der Waals surface area (Å²) >= 11 is 5.92. The minimum Gasteiger partial charge on any atom is -0.354 e. The Labute approximate surface area is 154 Å². The third-order valence-corrected chi connectivity index (χ3v) is 5.34. The summed E-state index contributed by atoms with van der Waals surface area (Å²) < 4.78 is 0. The van der Waals surface area contributed by atoms with Gasteiger partial charge in [-0.25, -0.2) is 9.97 Å². The van der Waals surface area contributed by atoms with Gasteiger partial charge in [0.25, 0.3) is 0 Å². The van der Waals surface area contributed by atoms with Crippen LogP contribution in [0.3, 0.4) is 0 Å². The molecular weight excluding hydrogens is 334 g/mol. The molecule has 0 saturated carbocycles. The number of piperazine rings is 1. The molecule has 0 unspecified atom stereocenters. The first kappa shape index (κ1) is 16.7. The van der Waals surface area contributed by atoms with Gasteiger partial charge in [-0.2, -0.15) is 0 Å². The molecule has 5 nitrogen and oxygen atoms in total. The Morgan fingerprint density at radius 3 is 2.60 bits per heavy atom. The number of hydrogen-bond donors (Lipinski definition) is 0. The molecule has 0 bridgehead atoms. The Morgan fingerprint density at radius 2 is 1.84 bits per heavy atom. The average molecular weight is 358 g/mol. The normalized spacial score (nSPS) is 18.2. The molecule has 0 amide bonds. The quantitative estimate of drug-likeness (QED) is 0.844. The van der Waals surface area contributed by atoms with Crippen molar-refractivity contribution in [2.45, 2.75) is 39.2 Å². The summed E-state index contributed by atoms with van der Waals surface area (Å²) in [6.07, 6.45) is 6.47. The molecule has 0 radical (unpaired) electrons. The van der Waals surface area contributed by atoms with Crippen LogP contribution in [0.15, 0.2) is 18.3 Å². The van der Waals surface area contributed by atoms with Gasteiger partial charge in [0, 0.05) is 50.2 Å². The van der Waals surface area contributed by atoms with Crippen molar-refractivity contribution < 1.29 is 0 Å². The van der Waals surface area contributed by atoms with Gasteiger partial charge >= 0.3 is 0 Å². The summed E-state index contributed by atoms with van der Waals surface area (Å²) in [6.45, 7) is 6.98. The van der Waals surface area contributed by atoms with Crippen LogP contribution in [-0.2, 0) is 19.4 Å². The van der Waals surface area contributed by atoms with Gasteiger partial charge in [-0.3, -0.25) is 9.88 Å². The Kier molecular flexibility index (Phi) is 4.86. The average Bonchev–Trinajstić information content (AvgIpc) is 2.63. The maximum absolute atomic E-state index is 5.92. The van der Waals surface area contributed by atoms with Crippen LogP contribution in [0.4, 0.5) is 5.82 Å². The van der Waals surface area contributed by atoms with Crippen molar-refractivity contribution >= 4 is 17.4 Å². The van der Waals surface area contributed by atoms with Crippen molar-refractivity contribution in [1.29, 1.82) is 0 Å². The first-order valence-corrected chi connectivity index (χ1v) is 9.51. The molecule has 2 aliphatic rings. The number of nitrogens with zero attached hydrogens (tertiary/aromatic N) is 5. The predicted octanol–water partition coefficient (Wildman–Crippen LogP) is 3.03. The van der Waals surface area contributed by atoms with Crippen LogP contribution in [0.5, 0.6) is 0 Å². The molecular formula is C19H24ClN5. The van der Waals surface area contributed by atoms with E-state index in [0.29, 0.717) is 5.02 Å². The zero-order chi connectivity index (χ0) is 17.2. The summed E-state index contributed by atoms with van der Waals surface area (Å²) in [5, 5.41) is 0.692. The summed E-state index contributed by atoms with van der Waals surface area (Å²) in [5.74, 6) is 2.09. The largest absolute Gasteiger partial charge is 0.354 e. The van der Waals surface area contributed by atoms with Gasteiger partial charge in [-0.05, 0) is 44.7 Å². The van der Waals surface area contributed by atoms with Crippen LogP contribution in [-0.4, -0.2) is 46.0 Å². The summed E-state index contributed by atoms with van der Waals surface area (Å²) in [4.78, 5) is 18.8. The van der Waals surface area contributed by atoms with E-state index in [0.717, 1.165) is 57.1 Å². The maximum Gasteiger partial charge on any atom is 0.135 e. The van der Waals surface area contributed by atoms with Crippen LogP contribution < -0.4 is 4.90 Å². The third kappa shape index (κ3) is 3.77. The smallest absolute Gasteiger partial charge is 0.135 e. The minimum atomic E-state index is 0.692. The molecule has 1 aliphatic heterocycles. The van der Waals surface area contributed by atoms with Gasteiger partial charge in [-0.15, -0.1) is 0 Å². The van der Waals surface area contributed by atoms with Gasteiger partial charge in [0.05, 0.1) is 10.7 Å². The standard InChI is InChI=1S/C19H24ClN5/c1-14-22-18-5-3-2-4-17(18)19(23-14)25-10-8-24(9-11-25)13-16-7-6-15(20)12-21-16/h6-7,12H,2-5,8-11,13H2,1H3. The minimum absolute atomic E-state index is 0.692. The molecule has 1 fully saturated rings. The lowest BCUT2D eigenvalue weighted by atomic mass is 9.96. The van der Waals surface area contributed by atoms with Gasteiger partial charge < -0.3 is 4.90 Å². The van der Waals surface area contributed by atoms with E-state index in [1.54, 1.807) is 6.20 Å². The van der Waals surface area contributed by atoms with E-state index < -0.39 is 0 Å². The van der Waals surface area contributed by atoms with Crippen molar-refractivity contribution in [1.82, 2.24) is 19.9 Å². The Morgan fingerprint density at radius 1 is 1.04 bits per heavy atom. The van der Waals surface area contributed by atoms with Crippen LogP contribution in [0, 0.1) is 6.92 Å². The van der Waals surface area contributed by atoms with Crippen LogP contribution in [0.1, 0.15) is 35.6 Å². The monoisotopic (exact) mass is 357 g/mol. The molecule has 4 rings (SSSR count). The molecule has 3 heterocycles. The molecule has 132 valence electrons. The highest BCUT2D eigenvalue weighted by atomic mass is 35.5. The topological polar surface area (TPSA) is 45.2 Å². The van der Waals surface area contributed by atoms with E-state index in [9.17, 15) is 0 Å². The lowest BCUT2D eigenvalue weighted by Gasteiger charge is -2.36. The van der Waals surface area contributed by atoms with Crippen LogP contribution >= 0.6 is 11.6 Å². The van der Waals surface area contributed by atoms with Crippen LogP contribution in [0.2, 0.25) is 5.02 Å². The van der Waals surface area contributed by atoms with Crippen molar-refractivity contribution in [3.05, 3.63) is 46.1 Å². The fourth-order valence-corrected chi connectivity index (χ4v) is 3.91. The highest BCUT2D eigenvalue weighted by Gasteiger charge is 2.24. The van der Waals surface area contributed by atoms with E-state index in [1.165, 1.54) is 29.9 Å². The summed E-state index contributed by atoms with van der Waals surface area (Å²) in [7, 11) is 0. The summed E-state index contributed by atoms with van der Waals surface area (Å²) in [6, 6.07) is 3.93. The maximum atomic E-state index is 5.92. The number of aryl methyl sites for hydroxylation is 2. The highest BCUT2D eigenvalue weighted by Crippen LogP contribution is 2.28. The summed E-state index contributed by atoms with van der Waals surface area (Å²) in [5.41, 5.74) is 3.75. The van der Waals surface area contributed by atoms with Crippen molar-refractivity contribution in [3.8, 4) is 0 Å². The fourth-order valence-electron chi connectivity index (χ4n) is 3.80. The van der Waals surface area contributed by atoms with E-state index in [1.807, 2.05) is 19.1 Å². The number of hydrogen-bond acceptors (Lipinski definition) is 5. The molecule has 2 aromatic heterocycles. The van der Waals surface area contributed by atoms with E-state index in [2.05, 4.69) is 19.8 Å². The number of rotatable bonds is 3. The predicted molar refractivity (Wildman–Crippen MR) is 100 cm³/mol. The molecule has 1 saturated heterocycles. The molecule has 25 heavy (non-hydrogen) atoms. The van der Waals surface area contributed by atoms with Crippen molar-refractivity contribution in [3.63, 3.8) is 0 Å². The highest BCUT2D eigenvalue weighted by molar-refractivity contribution is 6.30.